The standard InChI is InChI=1S/C39H57IO3.C3H6/c1-26(43-40(8)35(2,3)4)39-20-10-11-32(39)31-16-17-33-36(5)21-18-29(27-12-14-28(15-13-27)34(41)42-9)25-30(36)19-22-38(33,7)37(31,6)23-24-39;1-3-2/h12-15,18,30-33H,1,10-11,16-17,19-25H2,2-9H3;3H,1H2,2H3/t30?,31?,32?,33?,36?,37-,38?,39?;/m1./s1. The number of ether oxygens (including phenoxy) is 1. The van der Waals surface area contributed by atoms with Crippen LogP contribution < -0.4 is 0 Å². The molecule has 8 atom stereocenters. The second-order valence-corrected chi connectivity index (χ2v) is 23.1. The summed E-state index contributed by atoms with van der Waals surface area (Å²) < 4.78 is 12.1. The number of rotatable bonds is 5. The summed E-state index contributed by atoms with van der Waals surface area (Å²) in [6.07, 6.45) is 18.8. The van der Waals surface area contributed by atoms with Crippen molar-refractivity contribution in [2.24, 2.45) is 45.3 Å². The molecule has 0 aromatic heterocycles. The van der Waals surface area contributed by atoms with Crippen molar-refractivity contribution >= 4 is 31.8 Å². The topological polar surface area (TPSA) is 35.5 Å². The van der Waals surface area contributed by atoms with Crippen LogP contribution in [0.25, 0.3) is 5.57 Å². The normalized spacial score (nSPS) is 38.3. The maximum atomic E-state index is 12.0. The predicted molar refractivity (Wildman–Crippen MR) is 203 cm³/mol. The van der Waals surface area contributed by atoms with Crippen LogP contribution in [0.5, 0.6) is 0 Å². The van der Waals surface area contributed by atoms with Gasteiger partial charge in [0.25, 0.3) is 0 Å². The zero-order chi connectivity index (χ0) is 33.7. The number of benzene rings is 1. The molecule has 3 nitrogen and oxygen atoms in total. The third kappa shape index (κ3) is 5.76. The van der Waals surface area contributed by atoms with E-state index in [1.807, 2.05) is 19.1 Å². The third-order valence-electron chi connectivity index (χ3n) is 14.3. The van der Waals surface area contributed by atoms with Gasteiger partial charge in [-0.1, -0.05) is 18.2 Å². The van der Waals surface area contributed by atoms with Crippen LogP contribution in [0.1, 0.15) is 135 Å². The summed E-state index contributed by atoms with van der Waals surface area (Å²) in [6, 6.07) is 8.10. The molecule has 4 fully saturated rings. The molecule has 7 unspecified atom stereocenters. The molecular formula is C42H63IO3. The number of hydrogen-bond donors (Lipinski definition) is 0. The molecule has 46 heavy (non-hydrogen) atoms. The third-order valence-corrected chi connectivity index (χ3v) is 20.1. The second kappa shape index (κ2) is 13.0. The number of carbonyl (C=O) groups is 1. The molecule has 4 heteroatoms. The van der Waals surface area contributed by atoms with Crippen molar-refractivity contribution in [2.75, 3.05) is 12.0 Å². The van der Waals surface area contributed by atoms with Gasteiger partial charge in [-0.05, 0) is 24.6 Å². The van der Waals surface area contributed by atoms with Crippen LogP contribution in [0.2, 0.25) is 0 Å². The molecule has 0 spiro atoms. The molecule has 1 aromatic carbocycles. The first kappa shape index (κ1) is 35.7. The number of esters is 1. The number of fused-ring (bicyclic) bond motifs is 7. The van der Waals surface area contributed by atoms with E-state index in [4.69, 9.17) is 14.4 Å². The Hall–Kier alpha value is -1.56. The molecule has 5 aliphatic rings. The van der Waals surface area contributed by atoms with Gasteiger partial charge < -0.3 is 4.74 Å². The molecular weight excluding hydrogens is 679 g/mol. The van der Waals surface area contributed by atoms with E-state index in [9.17, 15) is 4.79 Å². The van der Waals surface area contributed by atoms with Gasteiger partial charge in [-0.15, -0.1) is 6.58 Å². The Bertz CT molecular complexity index is 1340. The predicted octanol–water partition coefficient (Wildman–Crippen LogP) is 12.3. The van der Waals surface area contributed by atoms with Gasteiger partial charge in [0, 0.05) is 0 Å². The van der Waals surface area contributed by atoms with E-state index < -0.39 is 20.2 Å². The van der Waals surface area contributed by atoms with Crippen LogP contribution in [0.3, 0.4) is 0 Å². The fraction of sp³-hybridized carbons (Fsp3) is 0.690. The van der Waals surface area contributed by atoms with E-state index in [1.165, 1.54) is 94.6 Å². The fourth-order valence-corrected chi connectivity index (χ4v) is 13.2. The van der Waals surface area contributed by atoms with E-state index in [0.29, 0.717) is 21.8 Å². The molecule has 0 heterocycles. The number of carbonyl (C=O) groups excluding carboxylic acids is 1. The van der Waals surface area contributed by atoms with Gasteiger partial charge in [0.05, 0.1) is 12.7 Å². The van der Waals surface area contributed by atoms with Gasteiger partial charge in [0.2, 0.25) is 0 Å². The van der Waals surface area contributed by atoms with Gasteiger partial charge in [0.1, 0.15) is 0 Å². The van der Waals surface area contributed by atoms with Crippen molar-refractivity contribution in [3.8, 4) is 0 Å². The Morgan fingerprint density at radius 2 is 1.63 bits per heavy atom. The number of alkyl halides is 2. The molecule has 256 valence electrons. The van der Waals surface area contributed by atoms with E-state index in [1.54, 1.807) is 6.08 Å². The molecule has 0 bridgehead atoms. The minimum Gasteiger partial charge on any atom is -0.103 e. The maximum Gasteiger partial charge on any atom is -0.0473 e. The molecule has 0 amide bonds. The quantitative estimate of drug-likeness (QED) is 0.0991. The minimum atomic E-state index is -1.56. The minimum absolute atomic E-state index is 0.220. The van der Waals surface area contributed by atoms with Gasteiger partial charge >= 0.3 is 219 Å². The van der Waals surface area contributed by atoms with Crippen molar-refractivity contribution in [3.05, 3.63) is 66.5 Å². The second-order valence-electron chi connectivity index (χ2n) is 17.1. The molecule has 4 saturated carbocycles. The van der Waals surface area contributed by atoms with Crippen LogP contribution in [0, 0.1) is 45.3 Å². The molecule has 0 saturated heterocycles. The Labute approximate surface area is 289 Å². The first-order chi connectivity index (χ1) is 21.6. The van der Waals surface area contributed by atoms with Crippen molar-refractivity contribution in [2.45, 2.75) is 123 Å². The molecule has 0 radical (unpaired) electrons. The summed E-state index contributed by atoms with van der Waals surface area (Å²) in [6.45, 7) is 25.2. The number of allylic oxidation sites excluding steroid dienone is 4. The van der Waals surface area contributed by atoms with Crippen LogP contribution in [-0.2, 0) is 7.80 Å². The summed E-state index contributed by atoms with van der Waals surface area (Å²) in [4.78, 5) is 14.4. The van der Waals surface area contributed by atoms with Gasteiger partial charge in [0.15, 0.2) is 0 Å². The van der Waals surface area contributed by atoms with Crippen molar-refractivity contribution < 1.29 is 12.6 Å². The van der Waals surface area contributed by atoms with E-state index >= 15 is 0 Å². The largest absolute Gasteiger partial charge is 0.103 e. The molecule has 0 aliphatic heterocycles. The average molecular weight is 743 g/mol. The van der Waals surface area contributed by atoms with Crippen molar-refractivity contribution in [3.63, 3.8) is 0 Å². The molecule has 1 aromatic rings. The number of halogens is 1. The summed E-state index contributed by atoms with van der Waals surface area (Å²) >= 11 is -1.56. The SMILES string of the molecule is C=C(OI(C)C(C)(C)C)C12CCCC1C1CCC3C4(C)CC=C(c5ccc(C(=O)OC)cc5)CC4CCC3(C)[C@]1(C)CC2.C=CC. The Morgan fingerprint density at radius 1 is 0.957 bits per heavy atom. The number of hydrogen-bond acceptors (Lipinski definition) is 3. The summed E-state index contributed by atoms with van der Waals surface area (Å²) in [5.74, 6) is 3.98. The molecule has 5 aliphatic carbocycles. The first-order valence-corrected chi connectivity index (χ1v) is 22.2. The number of methoxy groups -OCH3 is 1. The summed E-state index contributed by atoms with van der Waals surface area (Å²) in [5, 5.41) is 0. The van der Waals surface area contributed by atoms with Crippen LogP contribution >= 0.6 is 20.2 Å². The Morgan fingerprint density at radius 3 is 2.26 bits per heavy atom. The Balaban J connectivity index is 0.00000134. The molecule has 6 rings (SSSR count). The van der Waals surface area contributed by atoms with Crippen LogP contribution in [-0.4, -0.2) is 21.4 Å². The maximum absolute atomic E-state index is 12.0. The van der Waals surface area contributed by atoms with E-state index in [-0.39, 0.29) is 14.8 Å². The average Bonchev–Trinajstić information content (AvgIpc) is 3.46. The van der Waals surface area contributed by atoms with E-state index in [2.05, 4.69) is 71.3 Å². The smallest absolute Gasteiger partial charge is 0.0473 e. The zero-order valence-corrected chi connectivity index (χ0v) is 32.7. The molecule has 0 N–H and O–H groups in total. The zero-order valence-electron chi connectivity index (χ0n) is 30.6. The van der Waals surface area contributed by atoms with Crippen LogP contribution in [0.15, 0.2) is 55.3 Å². The van der Waals surface area contributed by atoms with E-state index in [0.717, 1.165) is 23.7 Å². The van der Waals surface area contributed by atoms with Crippen molar-refractivity contribution in [1.29, 1.82) is 0 Å². The van der Waals surface area contributed by atoms with Gasteiger partial charge in [-0.3, -0.25) is 0 Å². The van der Waals surface area contributed by atoms with Crippen molar-refractivity contribution in [1.82, 2.24) is 0 Å². The summed E-state index contributed by atoms with van der Waals surface area (Å²) in [5.41, 5.74) is 4.74. The summed E-state index contributed by atoms with van der Waals surface area (Å²) in [7, 11) is 1.45. The van der Waals surface area contributed by atoms with Crippen LogP contribution in [0.4, 0.5) is 0 Å². The fourth-order valence-electron chi connectivity index (χ4n) is 11.3. The monoisotopic (exact) mass is 742 g/mol. The Kier molecular flexibility index (Phi) is 10.1. The van der Waals surface area contributed by atoms with Gasteiger partial charge in [-0.2, -0.15) is 0 Å². The first-order valence-electron chi connectivity index (χ1n) is 18.0. The van der Waals surface area contributed by atoms with Gasteiger partial charge in [-0.25, -0.2) is 4.79 Å².